The van der Waals surface area contributed by atoms with Gasteiger partial charge in [0.25, 0.3) is 0 Å². The van der Waals surface area contributed by atoms with Crippen LogP contribution in [0, 0.1) is 11.8 Å². The van der Waals surface area contributed by atoms with Crippen molar-refractivity contribution in [2.24, 2.45) is 11.8 Å². The summed E-state index contributed by atoms with van der Waals surface area (Å²) in [4.78, 5) is 44.5. The predicted octanol–water partition coefficient (Wildman–Crippen LogP) is 2.15. The van der Waals surface area contributed by atoms with Crippen LogP contribution in [0.3, 0.4) is 0 Å². The minimum Gasteiger partial charge on any atom is -0.465 e. The molecule has 176 valence electrons. The van der Waals surface area contributed by atoms with Gasteiger partial charge in [-0.3, -0.25) is 14.4 Å². The Morgan fingerprint density at radius 1 is 1.22 bits per heavy atom. The molecule has 1 spiro atoms. The first-order valence-electron chi connectivity index (χ1n) is 11.7. The number of likely N-dealkylation sites (tertiary alicyclic amines) is 1. The second kappa shape index (κ2) is 8.86. The Balaban J connectivity index is 1.85. The lowest BCUT2D eigenvalue weighted by molar-refractivity contribution is -0.154. The Morgan fingerprint density at radius 2 is 2.00 bits per heavy atom. The maximum atomic E-state index is 13.9. The van der Waals surface area contributed by atoms with E-state index < -0.39 is 33.4 Å². The summed E-state index contributed by atoms with van der Waals surface area (Å²) in [6.45, 7) is 7.03. The third-order valence-electron chi connectivity index (χ3n) is 7.29. The molecule has 6 atom stereocenters. The van der Waals surface area contributed by atoms with Gasteiger partial charge in [-0.15, -0.1) is 11.8 Å². The number of amides is 2. The summed E-state index contributed by atoms with van der Waals surface area (Å²) in [5.41, 5.74) is 0. The fourth-order valence-electron chi connectivity index (χ4n) is 5.73. The number of carbonyl (C=O) groups excluding carboxylic acids is 3. The normalized spacial score (nSPS) is 38.8. The van der Waals surface area contributed by atoms with Crippen LogP contribution in [-0.2, 0) is 19.1 Å². The van der Waals surface area contributed by atoms with Gasteiger partial charge in [0.1, 0.15) is 6.04 Å². The zero-order chi connectivity index (χ0) is 23.1. The molecule has 0 aliphatic carbocycles. The Kier molecular flexibility index (Phi) is 6.47. The number of thioether (sulfide) groups is 1. The first-order chi connectivity index (χ1) is 15.3. The molecular weight excluding hydrogens is 428 g/mol. The van der Waals surface area contributed by atoms with E-state index in [9.17, 15) is 19.5 Å². The zero-order valence-corrected chi connectivity index (χ0v) is 20.0. The van der Waals surface area contributed by atoms with Crippen molar-refractivity contribution in [1.29, 1.82) is 0 Å². The molecule has 0 radical (unpaired) electrons. The van der Waals surface area contributed by atoms with Gasteiger partial charge in [-0.2, -0.15) is 0 Å². The number of unbranched alkanes of at least 4 members (excludes halogenated alkanes) is 1. The van der Waals surface area contributed by atoms with E-state index in [4.69, 9.17) is 4.74 Å². The molecule has 0 saturated carbocycles. The van der Waals surface area contributed by atoms with Crippen molar-refractivity contribution >= 4 is 29.5 Å². The molecule has 0 aromatic heterocycles. The van der Waals surface area contributed by atoms with E-state index >= 15 is 0 Å². The summed E-state index contributed by atoms with van der Waals surface area (Å²) in [7, 11) is 0. The van der Waals surface area contributed by atoms with Crippen LogP contribution < -0.4 is 0 Å². The van der Waals surface area contributed by atoms with Crippen molar-refractivity contribution in [3.8, 4) is 0 Å². The van der Waals surface area contributed by atoms with Crippen LogP contribution in [-0.4, -0.2) is 80.6 Å². The molecule has 2 saturated heterocycles. The molecular formula is C24H34N2O5S. The number of rotatable bonds is 5. The van der Waals surface area contributed by atoms with Gasteiger partial charge in [-0.25, -0.2) is 0 Å². The summed E-state index contributed by atoms with van der Waals surface area (Å²) in [5, 5.41) is 9.94. The second-order valence-electron chi connectivity index (χ2n) is 9.53. The van der Waals surface area contributed by atoms with Gasteiger partial charge in [0.15, 0.2) is 0 Å². The highest BCUT2D eigenvalue weighted by atomic mass is 32.2. The molecule has 4 rings (SSSR count). The smallest absolute Gasteiger partial charge is 0.311 e. The number of fused-ring (bicyclic) bond motifs is 2. The summed E-state index contributed by atoms with van der Waals surface area (Å²) < 4.78 is 4.07. The molecule has 4 aliphatic heterocycles. The number of ether oxygens (including phenoxy) is 1. The van der Waals surface area contributed by atoms with Crippen LogP contribution in [0.1, 0.15) is 46.5 Å². The summed E-state index contributed by atoms with van der Waals surface area (Å²) in [6.07, 6.45) is 11.5. The Labute approximate surface area is 194 Å². The highest BCUT2D eigenvalue weighted by Gasteiger charge is 2.74. The molecule has 2 amide bonds. The minimum atomic E-state index is -0.874. The molecule has 0 bridgehead atoms. The minimum absolute atomic E-state index is 0.0976. The van der Waals surface area contributed by atoms with Crippen molar-refractivity contribution in [2.45, 2.75) is 68.0 Å². The average molecular weight is 463 g/mol. The molecule has 0 aromatic carbocycles. The average Bonchev–Trinajstić information content (AvgIpc) is 3.12. The number of hydrogen-bond donors (Lipinski definition) is 1. The highest BCUT2D eigenvalue weighted by molar-refractivity contribution is 8.02. The second-order valence-corrected chi connectivity index (χ2v) is 11.3. The quantitative estimate of drug-likeness (QED) is 0.498. The topological polar surface area (TPSA) is 87.2 Å². The number of aliphatic hydroxyl groups excluding tert-OH is 1. The molecule has 1 N–H and O–H groups in total. The molecule has 4 aliphatic rings. The number of esters is 1. The maximum absolute atomic E-state index is 13.9. The maximum Gasteiger partial charge on any atom is 0.311 e. The van der Waals surface area contributed by atoms with Gasteiger partial charge < -0.3 is 19.6 Å². The van der Waals surface area contributed by atoms with Gasteiger partial charge in [0, 0.05) is 17.8 Å². The van der Waals surface area contributed by atoms with Crippen LogP contribution in [0.4, 0.5) is 0 Å². The number of aliphatic hydroxyl groups is 1. The van der Waals surface area contributed by atoms with Gasteiger partial charge in [0.2, 0.25) is 11.8 Å². The molecule has 7 nitrogen and oxygen atoms in total. The molecule has 4 heterocycles. The standard InChI is InChI=1S/C24H34N2O5S/c1-4-5-12-25-13-9-11-24-17(20(28)26(16(2)15-27)19(24)21(25)29)18-22(30)31-14-8-6-7-10-23(18,3)32-24/h7,9-11,16-19,27H,4-6,8,12-15H2,1-3H3/b10-7-/t16-,17+,18+,19?,23-,24+/m1/s1. The van der Waals surface area contributed by atoms with Crippen molar-refractivity contribution < 1.29 is 24.2 Å². The lowest BCUT2D eigenvalue weighted by atomic mass is 9.74. The molecule has 32 heavy (non-hydrogen) atoms. The fourth-order valence-corrected chi connectivity index (χ4v) is 7.87. The van der Waals surface area contributed by atoms with Gasteiger partial charge in [0.05, 0.1) is 35.8 Å². The van der Waals surface area contributed by atoms with Gasteiger partial charge >= 0.3 is 5.97 Å². The summed E-state index contributed by atoms with van der Waals surface area (Å²) in [6, 6.07) is -1.27. The number of carbonyl (C=O) groups is 3. The third-order valence-corrected chi connectivity index (χ3v) is 9.09. The van der Waals surface area contributed by atoms with Crippen LogP contribution in [0.5, 0.6) is 0 Å². The molecule has 2 fully saturated rings. The lowest BCUT2D eigenvalue weighted by Gasteiger charge is -2.38. The van der Waals surface area contributed by atoms with Crippen LogP contribution in [0.25, 0.3) is 0 Å². The van der Waals surface area contributed by atoms with Crippen LogP contribution >= 0.6 is 11.8 Å². The molecule has 1 unspecified atom stereocenters. The van der Waals surface area contributed by atoms with Crippen molar-refractivity contribution in [3.05, 3.63) is 24.3 Å². The summed E-state index contributed by atoms with van der Waals surface area (Å²) in [5.74, 6) is -2.10. The Hall–Kier alpha value is -1.80. The monoisotopic (exact) mass is 462 g/mol. The SMILES string of the molecule is CCCCN1CC=C[C@]23S[C@]4(C)/C=C\CCCOC(=O)[C@@H]4[C@H]2C(=O)N([C@H](C)CO)C3C1=O. The van der Waals surface area contributed by atoms with E-state index in [0.29, 0.717) is 19.7 Å². The number of cyclic esters (lactones) is 1. The van der Waals surface area contributed by atoms with Crippen molar-refractivity contribution in [1.82, 2.24) is 9.80 Å². The molecule has 8 heteroatoms. The van der Waals surface area contributed by atoms with Crippen LogP contribution in [0.15, 0.2) is 24.3 Å². The summed E-state index contributed by atoms with van der Waals surface area (Å²) >= 11 is 1.55. The van der Waals surface area contributed by atoms with E-state index in [1.165, 1.54) is 0 Å². The lowest BCUT2D eigenvalue weighted by Crippen LogP contribution is -2.56. The predicted molar refractivity (Wildman–Crippen MR) is 123 cm³/mol. The first kappa shape index (κ1) is 23.4. The Morgan fingerprint density at radius 3 is 2.72 bits per heavy atom. The third kappa shape index (κ3) is 3.50. The van der Waals surface area contributed by atoms with E-state index in [-0.39, 0.29) is 24.4 Å². The van der Waals surface area contributed by atoms with E-state index in [1.807, 2.05) is 30.1 Å². The number of nitrogens with zero attached hydrogens (tertiary/aromatic N) is 2. The van der Waals surface area contributed by atoms with Crippen LogP contribution in [0.2, 0.25) is 0 Å². The van der Waals surface area contributed by atoms with Gasteiger partial charge in [-0.05, 0) is 33.1 Å². The largest absolute Gasteiger partial charge is 0.465 e. The van der Waals surface area contributed by atoms with E-state index in [1.54, 1.807) is 23.6 Å². The molecule has 0 aromatic rings. The zero-order valence-electron chi connectivity index (χ0n) is 19.2. The van der Waals surface area contributed by atoms with E-state index in [0.717, 1.165) is 25.7 Å². The van der Waals surface area contributed by atoms with Crippen molar-refractivity contribution in [2.75, 3.05) is 26.3 Å². The van der Waals surface area contributed by atoms with Crippen molar-refractivity contribution in [3.63, 3.8) is 0 Å². The Bertz CT molecular complexity index is 844. The van der Waals surface area contributed by atoms with E-state index in [2.05, 4.69) is 13.0 Å². The van der Waals surface area contributed by atoms with Gasteiger partial charge in [-0.1, -0.05) is 37.6 Å². The highest BCUT2D eigenvalue weighted by Crippen LogP contribution is 2.65. The fraction of sp³-hybridized carbons (Fsp3) is 0.708. The number of allylic oxidation sites excluding steroid dienone is 1. The first-order valence-corrected chi connectivity index (χ1v) is 12.6. The number of hydrogen-bond acceptors (Lipinski definition) is 6.